The van der Waals surface area contributed by atoms with Crippen LogP contribution in [0.15, 0.2) is 71.6 Å². The Bertz CT molecular complexity index is 1100. The summed E-state index contributed by atoms with van der Waals surface area (Å²) in [6.07, 6.45) is 0. The Labute approximate surface area is 175 Å². The first-order valence-electron chi connectivity index (χ1n) is 8.63. The van der Waals surface area contributed by atoms with Crippen LogP contribution >= 0.6 is 11.6 Å². The predicted octanol–water partition coefficient (Wildman–Crippen LogP) is 5.12. The fraction of sp³-hybridized carbons (Fsp3) is 0.0952. The average Bonchev–Trinajstić information content (AvgIpc) is 2.70. The Kier molecular flexibility index (Phi) is 6.41. The number of hydrogen-bond donors (Lipinski definition) is 1. The van der Waals surface area contributed by atoms with Crippen LogP contribution < -0.4 is 5.32 Å². The number of nitrogens with zero attached hydrogens (tertiary/aromatic N) is 1. The maximum atomic E-state index is 12.6. The molecule has 3 rings (SSSR count). The molecule has 0 bridgehead atoms. The molecule has 0 spiro atoms. The third-order valence-electron chi connectivity index (χ3n) is 4.30. The van der Waals surface area contributed by atoms with Gasteiger partial charge in [-0.05, 0) is 48.9 Å². The van der Waals surface area contributed by atoms with Crippen molar-refractivity contribution in [3.05, 3.63) is 98.6 Å². The van der Waals surface area contributed by atoms with Crippen molar-refractivity contribution in [2.75, 3.05) is 5.32 Å². The van der Waals surface area contributed by atoms with E-state index in [0.29, 0.717) is 15.6 Å². The molecule has 8 heteroatoms. The second-order valence-corrected chi connectivity index (χ2v) is 8.20. The van der Waals surface area contributed by atoms with E-state index in [0.717, 1.165) is 5.56 Å². The number of nitro benzene ring substituents is 1. The first kappa shape index (κ1) is 20.7. The largest absolute Gasteiger partial charge is 0.322 e. The quantitative estimate of drug-likeness (QED) is 0.436. The number of aryl methyl sites for hydroxylation is 1. The molecule has 1 amide bonds. The number of nitro groups is 1. The molecular formula is C21H17ClN2O4S. The standard InChI is InChI=1S/C21H17ClN2O4S/c1-14-4-2-3-5-19(14)23-21(25)15-6-7-16(20(12-15)24(26)27)13-29(28)18-10-8-17(22)9-11-18/h2-12H,13H2,1H3,(H,23,25). The Hall–Kier alpha value is -3.03. The number of hydrogen-bond acceptors (Lipinski definition) is 4. The number of benzene rings is 3. The van der Waals surface area contributed by atoms with Crippen molar-refractivity contribution in [3.8, 4) is 0 Å². The number of carbonyl (C=O) groups excluding carboxylic acids is 1. The molecule has 0 fully saturated rings. The summed E-state index contributed by atoms with van der Waals surface area (Å²) in [5, 5.41) is 14.8. The zero-order valence-corrected chi connectivity index (χ0v) is 17.0. The van der Waals surface area contributed by atoms with Gasteiger partial charge in [0.1, 0.15) is 0 Å². The van der Waals surface area contributed by atoms with E-state index in [4.69, 9.17) is 11.6 Å². The minimum atomic E-state index is -1.49. The van der Waals surface area contributed by atoms with Gasteiger partial charge < -0.3 is 5.32 Å². The maximum absolute atomic E-state index is 12.6. The van der Waals surface area contributed by atoms with Gasteiger partial charge in [0.15, 0.2) is 0 Å². The van der Waals surface area contributed by atoms with Crippen LogP contribution in [0.3, 0.4) is 0 Å². The van der Waals surface area contributed by atoms with E-state index < -0.39 is 21.6 Å². The SMILES string of the molecule is Cc1ccccc1NC(=O)c1ccc(CS(=O)c2ccc(Cl)cc2)c([N+](=O)[O-])c1. The first-order chi connectivity index (χ1) is 13.8. The summed E-state index contributed by atoms with van der Waals surface area (Å²) < 4.78 is 12.6. The van der Waals surface area contributed by atoms with E-state index in [-0.39, 0.29) is 22.6 Å². The topological polar surface area (TPSA) is 89.3 Å². The van der Waals surface area contributed by atoms with Gasteiger partial charge in [-0.2, -0.15) is 0 Å². The van der Waals surface area contributed by atoms with Crippen molar-refractivity contribution in [2.45, 2.75) is 17.6 Å². The first-order valence-corrected chi connectivity index (χ1v) is 10.3. The van der Waals surface area contributed by atoms with Crippen molar-refractivity contribution in [3.63, 3.8) is 0 Å². The van der Waals surface area contributed by atoms with Gasteiger partial charge in [0, 0.05) is 32.8 Å². The van der Waals surface area contributed by atoms with Crippen LogP contribution in [0.1, 0.15) is 21.5 Å². The molecule has 1 atom stereocenters. The molecule has 0 saturated heterocycles. The van der Waals surface area contributed by atoms with E-state index >= 15 is 0 Å². The molecule has 6 nitrogen and oxygen atoms in total. The highest BCUT2D eigenvalue weighted by atomic mass is 35.5. The molecule has 0 aliphatic heterocycles. The Balaban J connectivity index is 1.84. The average molecular weight is 429 g/mol. The van der Waals surface area contributed by atoms with Crippen LogP contribution in [0.5, 0.6) is 0 Å². The van der Waals surface area contributed by atoms with Crippen molar-refractivity contribution in [1.82, 2.24) is 0 Å². The van der Waals surface area contributed by atoms with Crippen LogP contribution in [0.25, 0.3) is 0 Å². The minimum absolute atomic E-state index is 0.0440. The van der Waals surface area contributed by atoms with E-state index in [9.17, 15) is 19.1 Å². The maximum Gasteiger partial charge on any atom is 0.274 e. The highest BCUT2D eigenvalue weighted by Crippen LogP contribution is 2.25. The van der Waals surface area contributed by atoms with Gasteiger partial charge in [-0.25, -0.2) is 0 Å². The zero-order chi connectivity index (χ0) is 21.0. The van der Waals surface area contributed by atoms with E-state index in [1.54, 1.807) is 36.4 Å². The monoisotopic (exact) mass is 428 g/mol. The lowest BCUT2D eigenvalue weighted by atomic mass is 10.1. The number of para-hydroxylation sites is 1. The molecule has 0 saturated carbocycles. The number of carbonyl (C=O) groups is 1. The summed E-state index contributed by atoms with van der Waals surface area (Å²) in [7, 11) is -1.49. The van der Waals surface area contributed by atoms with Gasteiger partial charge in [-0.3, -0.25) is 19.1 Å². The van der Waals surface area contributed by atoms with E-state index in [1.807, 2.05) is 19.1 Å². The van der Waals surface area contributed by atoms with Crippen LogP contribution in [0.2, 0.25) is 5.02 Å². The van der Waals surface area contributed by atoms with Crippen molar-refractivity contribution >= 4 is 39.7 Å². The second-order valence-electron chi connectivity index (χ2n) is 6.31. The lowest BCUT2D eigenvalue weighted by Gasteiger charge is -2.09. The molecular weight excluding hydrogens is 412 g/mol. The smallest absolute Gasteiger partial charge is 0.274 e. The summed E-state index contributed by atoms with van der Waals surface area (Å²) in [4.78, 5) is 24.0. The van der Waals surface area contributed by atoms with Crippen molar-refractivity contribution < 1.29 is 13.9 Å². The molecule has 148 valence electrons. The third kappa shape index (κ3) is 5.07. The summed E-state index contributed by atoms with van der Waals surface area (Å²) in [5.41, 5.74) is 1.71. The predicted molar refractivity (Wildman–Crippen MR) is 114 cm³/mol. The molecule has 0 aliphatic rings. The molecule has 29 heavy (non-hydrogen) atoms. The summed E-state index contributed by atoms with van der Waals surface area (Å²) >= 11 is 5.83. The Morgan fingerprint density at radius 3 is 2.45 bits per heavy atom. The van der Waals surface area contributed by atoms with Gasteiger partial charge in [0.25, 0.3) is 11.6 Å². The van der Waals surface area contributed by atoms with Gasteiger partial charge in [0.2, 0.25) is 0 Å². The van der Waals surface area contributed by atoms with Gasteiger partial charge in [0.05, 0.1) is 21.5 Å². The number of rotatable bonds is 6. The molecule has 0 aliphatic carbocycles. The third-order valence-corrected chi connectivity index (χ3v) is 5.92. The Morgan fingerprint density at radius 1 is 1.10 bits per heavy atom. The Morgan fingerprint density at radius 2 is 1.79 bits per heavy atom. The molecule has 1 N–H and O–H groups in total. The van der Waals surface area contributed by atoms with Gasteiger partial charge >= 0.3 is 0 Å². The van der Waals surface area contributed by atoms with Crippen molar-refractivity contribution in [1.29, 1.82) is 0 Å². The summed E-state index contributed by atoms with van der Waals surface area (Å²) in [6.45, 7) is 1.85. The van der Waals surface area contributed by atoms with Crippen molar-refractivity contribution in [2.24, 2.45) is 0 Å². The van der Waals surface area contributed by atoms with Crippen LogP contribution in [-0.4, -0.2) is 15.0 Å². The van der Waals surface area contributed by atoms with Gasteiger partial charge in [-0.15, -0.1) is 0 Å². The molecule has 3 aromatic rings. The summed E-state index contributed by atoms with van der Waals surface area (Å²) in [5.74, 6) is -0.495. The lowest BCUT2D eigenvalue weighted by molar-refractivity contribution is -0.385. The van der Waals surface area contributed by atoms with Crippen LogP contribution in [0.4, 0.5) is 11.4 Å². The summed E-state index contributed by atoms with van der Waals surface area (Å²) in [6, 6.07) is 17.9. The number of amides is 1. The minimum Gasteiger partial charge on any atom is -0.322 e. The fourth-order valence-corrected chi connectivity index (χ4v) is 3.97. The molecule has 3 aromatic carbocycles. The highest BCUT2D eigenvalue weighted by Gasteiger charge is 2.20. The normalized spacial score (nSPS) is 11.7. The molecule has 0 radical (unpaired) electrons. The number of nitrogens with one attached hydrogen (secondary N) is 1. The second kappa shape index (κ2) is 8.98. The zero-order valence-electron chi connectivity index (χ0n) is 15.4. The van der Waals surface area contributed by atoms with Crippen LogP contribution in [0, 0.1) is 17.0 Å². The molecule has 0 aromatic heterocycles. The number of halogens is 1. The lowest BCUT2D eigenvalue weighted by Crippen LogP contribution is -2.13. The van der Waals surface area contributed by atoms with E-state index in [1.165, 1.54) is 18.2 Å². The molecule has 1 unspecified atom stereocenters. The highest BCUT2D eigenvalue weighted by molar-refractivity contribution is 7.84. The van der Waals surface area contributed by atoms with Gasteiger partial charge in [-0.1, -0.05) is 35.9 Å². The molecule has 0 heterocycles. The van der Waals surface area contributed by atoms with E-state index in [2.05, 4.69) is 5.32 Å². The number of anilines is 1. The van der Waals surface area contributed by atoms with Crippen LogP contribution in [-0.2, 0) is 16.6 Å². The fourth-order valence-electron chi connectivity index (χ4n) is 2.72.